The van der Waals surface area contributed by atoms with E-state index in [4.69, 9.17) is 0 Å². The zero-order valence-electron chi connectivity index (χ0n) is 28.3. The van der Waals surface area contributed by atoms with Crippen LogP contribution in [0.3, 0.4) is 0 Å². The molecular formula is C39H48FN3O4S. The lowest BCUT2D eigenvalue weighted by Crippen LogP contribution is -2.54. The maximum Gasteiger partial charge on any atom is 0.244 e. The molecule has 2 atom stereocenters. The van der Waals surface area contributed by atoms with Gasteiger partial charge in [0.25, 0.3) is 0 Å². The summed E-state index contributed by atoms with van der Waals surface area (Å²) in [5.41, 5.74) is 3.35. The monoisotopic (exact) mass is 673 g/mol. The van der Waals surface area contributed by atoms with Crippen LogP contribution in [0, 0.1) is 23.6 Å². The standard InChI is InChI=1S/C39H48FN3O4S/c1-4-27(2)41-38(45)36(21-28-8-6-5-7-9-28)42(25-29-10-14-34(40)15-11-29)37(44)26-43(48(3,46)47)35-16-12-33(13-17-35)39-22-30-18-31(23-39)20-32(19-30)24-39/h5-17,27,30-32,36H,4,18-26H2,1-3H3,(H,41,45)/t27-,30?,31?,32?,36+,39?/m0/s1. The third-order valence-electron chi connectivity index (χ3n) is 11.0. The van der Waals surface area contributed by atoms with Crippen molar-refractivity contribution in [3.05, 3.63) is 101 Å². The van der Waals surface area contributed by atoms with E-state index in [1.165, 1.54) is 61.1 Å². The molecule has 4 saturated carbocycles. The van der Waals surface area contributed by atoms with Gasteiger partial charge in [0.15, 0.2) is 0 Å². The molecule has 4 aliphatic carbocycles. The second-order valence-electron chi connectivity index (χ2n) is 14.7. The smallest absolute Gasteiger partial charge is 0.244 e. The molecule has 256 valence electrons. The Morgan fingerprint density at radius 3 is 2.00 bits per heavy atom. The molecule has 7 rings (SSSR count). The highest BCUT2D eigenvalue weighted by Gasteiger charge is 2.51. The van der Waals surface area contributed by atoms with Gasteiger partial charge in [0.05, 0.1) is 11.9 Å². The van der Waals surface area contributed by atoms with Crippen molar-refractivity contribution in [1.29, 1.82) is 0 Å². The molecule has 4 bridgehead atoms. The van der Waals surface area contributed by atoms with Crippen molar-refractivity contribution in [3.8, 4) is 0 Å². The predicted molar refractivity (Wildman–Crippen MR) is 187 cm³/mol. The first-order valence-electron chi connectivity index (χ1n) is 17.4. The van der Waals surface area contributed by atoms with E-state index in [0.717, 1.165) is 33.9 Å². The number of sulfonamides is 1. The number of benzene rings is 3. The molecule has 48 heavy (non-hydrogen) atoms. The number of rotatable bonds is 13. The van der Waals surface area contributed by atoms with Crippen molar-refractivity contribution < 1.29 is 22.4 Å². The van der Waals surface area contributed by atoms with Gasteiger partial charge in [-0.3, -0.25) is 13.9 Å². The van der Waals surface area contributed by atoms with Gasteiger partial charge in [-0.05, 0) is 116 Å². The Morgan fingerprint density at radius 1 is 0.875 bits per heavy atom. The molecule has 0 spiro atoms. The average Bonchev–Trinajstić information content (AvgIpc) is 3.05. The highest BCUT2D eigenvalue weighted by Crippen LogP contribution is 2.60. The third-order valence-corrected chi connectivity index (χ3v) is 12.2. The van der Waals surface area contributed by atoms with Gasteiger partial charge in [-0.2, -0.15) is 0 Å². The van der Waals surface area contributed by atoms with E-state index >= 15 is 0 Å². The van der Waals surface area contributed by atoms with E-state index in [2.05, 4.69) is 17.4 Å². The molecule has 1 N–H and O–H groups in total. The quantitative estimate of drug-likeness (QED) is 0.221. The van der Waals surface area contributed by atoms with Gasteiger partial charge >= 0.3 is 0 Å². The van der Waals surface area contributed by atoms with E-state index in [0.29, 0.717) is 17.7 Å². The van der Waals surface area contributed by atoms with Gasteiger partial charge in [-0.25, -0.2) is 12.8 Å². The number of halogens is 1. The molecule has 4 fully saturated rings. The van der Waals surface area contributed by atoms with Crippen LogP contribution in [0.1, 0.15) is 75.5 Å². The van der Waals surface area contributed by atoms with Crippen molar-refractivity contribution >= 4 is 27.5 Å². The summed E-state index contributed by atoms with van der Waals surface area (Å²) in [6, 6.07) is 22.0. The predicted octanol–water partition coefficient (Wildman–Crippen LogP) is 6.61. The zero-order valence-corrected chi connectivity index (χ0v) is 29.1. The second kappa shape index (κ2) is 14.0. The Labute approximate surface area is 285 Å². The highest BCUT2D eigenvalue weighted by atomic mass is 32.2. The fourth-order valence-electron chi connectivity index (χ4n) is 8.84. The van der Waals surface area contributed by atoms with Crippen LogP contribution >= 0.6 is 0 Å². The van der Waals surface area contributed by atoms with Crippen LogP contribution in [0.5, 0.6) is 0 Å². The van der Waals surface area contributed by atoms with Gasteiger partial charge in [-0.15, -0.1) is 0 Å². The van der Waals surface area contributed by atoms with E-state index < -0.39 is 34.3 Å². The maximum atomic E-state index is 14.4. The number of anilines is 1. The molecule has 4 aliphatic rings. The highest BCUT2D eigenvalue weighted by molar-refractivity contribution is 7.92. The topological polar surface area (TPSA) is 86.8 Å². The van der Waals surface area contributed by atoms with Crippen molar-refractivity contribution in [1.82, 2.24) is 10.2 Å². The minimum Gasteiger partial charge on any atom is -0.352 e. The summed E-state index contributed by atoms with van der Waals surface area (Å²) < 4.78 is 41.6. The van der Waals surface area contributed by atoms with Crippen molar-refractivity contribution in [3.63, 3.8) is 0 Å². The Bertz CT molecular complexity index is 1660. The summed E-state index contributed by atoms with van der Waals surface area (Å²) in [5.74, 6) is 1.11. The first-order valence-corrected chi connectivity index (χ1v) is 19.2. The minimum atomic E-state index is -3.87. The summed E-state index contributed by atoms with van der Waals surface area (Å²) in [5, 5.41) is 3.03. The SMILES string of the molecule is CC[C@H](C)NC(=O)[C@@H](Cc1ccccc1)N(Cc1ccc(F)cc1)C(=O)CN(c1ccc(C23CC4CC(CC(C4)C2)C3)cc1)S(C)(=O)=O. The largest absolute Gasteiger partial charge is 0.352 e. The molecular weight excluding hydrogens is 626 g/mol. The lowest BCUT2D eigenvalue weighted by atomic mass is 9.48. The summed E-state index contributed by atoms with van der Waals surface area (Å²) in [7, 11) is -3.87. The molecule has 0 heterocycles. The number of hydrogen-bond acceptors (Lipinski definition) is 4. The first kappa shape index (κ1) is 34.2. The van der Waals surface area contributed by atoms with E-state index in [9.17, 15) is 22.4 Å². The Morgan fingerprint density at radius 2 is 1.46 bits per heavy atom. The van der Waals surface area contributed by atoms with Gasteiger partial charge in [0.1, 0.15) is 18.4 Å². The number of amides is 2. The number of carbonyl (C=O) groups excluding carboxylic acids is 2. The fraction of sp³-hybridized carbons (Fsp3) is 0.487. The molecule has 0 saturated heterocycles. The van der Waals surface area contributed by atoms with Gasteiger partial charge < -0.3 is 10.2 Å². The van der Waals surface area contributed by atoms with E-state index in [1.807, 2.05) is 56.3 Å². The number of hydrogen-bond donors (Lipinski definition) is 1. The molecule has 7 nitrogen and oxygen atoms in total. The van der Waals surface area contributed by atoms with Gasteiger partial charge in [0.2, 0.25) is 21.8 Å². The van der Waals surface area contributed by atoms with Crippen LogP contribution in [0.4, 0.5) is 10.1 Å². The lowest BCUT2D eigenvalue weighted by molar-refractivity contribution is -0.140. The van der Waals surface area contributed by atoms with E-state index in [1.54, 1.807) is 12.1 Å². The Balaban J connectivity index is 1.30. The average molecular weight is 674 g/mol. The van der Waals surface area contributed by atoms with Crippen LogP contribution < -0.4 is 9.62 Å². The molecule has 0 radical (unpaired) electrons. The van der Waals surface area contributed by atoms with E-state index in [-0.39, 0.29) is 30.3 Å². The summed E-state index contributed by atoms with van der Waals surface area (Å²) >= 11 is 0. The van der Waals surface area contributed by atoms with Gasteiger partial charge in [0, 0.05) is 19.0 Å². The molecule has 0 unspecified atom stereocenters. The van der Waals surface area contributed by atoms with Crippen molar-refractivity contribution in [2.45, 2.75) is 89.3 Å². The van der Waals surface area contributed by atoms with Crippen molar-refractivity contribution in [2.75, 3.05) is 17.1 Å². The molecule has 9 heteroatoms. The second-order valence-corrected chi connectivity index (χ2v) is 16.6. The normalized spacial score (nSPS) is 24.1. The number of nitrogens with zero attached hydrogens (tertiary/aromatic N) is 2. The van der Waals surface area contributed by atoms with Crippen LogP contribution in [0.15, 0.2) is 78.9 Å². The Hall–Kier alpha value is -3.72. The third kappa shape index (κ3) is 7.61. The van der Waals surface area contributed by atoms with Gasteiger partial charge in [-0.1, -0.05) is 61.5 Å². The molecule has 2 amide bonds. The Kier molecular flexibility index (Phi) is 9.98. The van der Waals surface area contributed by atoms with Crippen molar-refractivity contribution in [2.24, 2.45) is 17.8 Å². The van der Waals surface area contributed by atoms with Crippen LogP contribution in [-0.4, -0.2) is 50.0 Å². The molecule has 0 aromatic heterocycles. The van der Waals surface area contributed by atoms with Crippen LogP contribution in [0.2, 0.25) is 0 Å². The molecule has 3 aromatic rings. The molecule has 0 aliphatic heterocycles. The maximum absolute atomic E-state index is 14.4. The van der Waals surface area contributed by atoms with Crippen LogP contribution in [-0.2, 0) is 38.0 Å². The zero-order chi connectivity index (χ0) is 34.1. The summed E-state index contributed by atoms with van der Waals surface area (Å²) in [4.78, 5) is 29.7. The fourth-order valence-corrected chi connectivity index (χ4v) is 9.69. The lowest BCUT2D eigenvalue weighted by Gasteiger charge is -2.57. The minimum absolute atomic E-state index is 0.00704. The summed E-state index contributed by atoms with van der Waals surface area (Å²) in [6.07, 6.45) is 9.68. The van der Waals surface area contributed by atoms with Crippen LogP contribution in [0.25, 0.3) is 0 Å². The summed E-state index contributed by atoms with van der Waals surface area (Å²) in [6.45, 7) is 3.41. The molecule has 3 aromatic carbocycles. The first-order chi connectivity index (χ1) is 22.9. The number of nitrogens with one attached hydrogen (secondary N) is 1. The number of carbonyl (C=O) groups is 2.